The Kier molecular flexibility index (Phi) is 6.47. The number of carbonyl (C=O) groups is 1. The predicted octanol–water partition coefficient (Wildman–Crippen LogP) is 4.68. The number of hydrogen-bond donors (Lipinski definition) is 1. The highest BCUT2D eigenvalue weighted by molar-refractivity contribution is 5.92. The second-order valence-electron chi connectivity index (χ2n) is 13.2. The fraction of sp³-hybridized carbons (Fsp3) is 0.559. The van der Waals surface area contributed by atoms with Gasteiger partial charge in [0.2, 0.25) is 5.91 Å². The molecule has 40 heavy (non-hydrogen) atoms. The molecule has 1 amide bonds. The van der Waals surface area contributed by atoms with Crippen LogP contribution in [0.25, 0.3) is 6.08 Å². The molecule has 3 aliphatic carbocycles. The van der Waals surface area contributed by atoms with E-state index in [1.807, 2.05) is 36.4 Å². The van der Waals surface area contributed by atoms with E-state index in [0.29, 0.717) is 30.3 Å². The fourth-order valence-electron chi connectivity index (χ4n) is 8.63. The van der Waals surface area contributed by atoms with Crippen LogP contribution in [0.3, 0.4) is 0 Å². The summed E-state index contributed by atoms with van der Waals surface area (Å²) >= 11 is 0. The number of likely N-dealkylation sites (tertiary alicyclic amines) is 1. The van der Waals surface area contributed by atoms with Crippen molar-refractivity contribution in [3.63, 3.8) is 0 Å². The summed E-state index contributed by atoms with van der Waals surface area (Å²) in [6.45, 7) is 7.10. The first-order valence-corrected chi connectivity index (χ1v) is 15.2. The van der Waals surface area contributed by atoms with Gasteiger partial charge in [0.15, 0.2) is 11.5 Å². The van der Waals surface area contributed by atoms with Gasteiger partial charge in [-0.25, -0.2) is 0 Å². The van der Waals surface area contributed by atoms with Gasteiger partial charge in [-0.05, 0) is 73.8 Å². The van der Waals surface area contributed by atoms with Gasteiger partial charge in [0.1, 0.15) is 6.10 Å². The third-order valence-corrected chi connectivity index (χ3v) is 10.4. The Hall–Kier alpha value is -2.83. The molecule has 7 atom stereocenters. The molecule has 2 heterocycles. The molecule has 2 saturated carbocycles. The van der Waals surface area contributed by atoms with Crippen LogP contribution in [-0.4, -0.2) is 71.8 Å². The van der Waals surface area contributed by atoms with Crippen molar-refractivity contribution in [1.29, 1.82) is 0 Å². The van der Waals surface area contributed by atoms with E-state index in [2.05, 4.69) is 35.8 Å². The molecule has 2 aromatic carbocycles. The first-order valence-electron chi connectivity index (χ1n) is 15.2. The lowest BCUT2D eigenvalue weighted by molar-refractivity contribution is -0.138. The lowest BCUT2D eigenvalue weighted by Crippen LogP contribution is -2.69. The number of aliphatic hydroxyl groups is 1. The number of carbonyl (C=O) groups excluding carboxylic acids is 1. The minimum atomic E-state index is -0.125. The Bertz CT molecular complexity index is 1310. The molecule has 7 rings (SSSR count). The smallest absolute Gasteiger partial charge is 0.246 e. The zero-order valence-electron chi connectivity index (χ0n) is 24.0. The summed E-state index contributed by atoms with van der Waals surface area (Å²) in [5, 5.41) is 10.1. The fourth-order valence-corrected chi connectivity index (χ4v) is 8.63. The van der Waals surface area contributed by atoms with Crippen LogP contribution in [-0.2, 0) is 16.6 Å². The van der Waals surface area contributed by atoms with Crippen LogP contribution < -0.4 is 9.47 Å². The van der Waals surface area contributed by atoms with E-state index in [9.17, 15) is 9.90 Å². The zero-order valence-corrected chi connectivity index (χ0v) is 24.0. The lowest BCUT2D eigenvalue weighted by atomic mass is 9.51. The summed E-state index contributed by atoms with van der Waals surface area (Å²) in [7, 11) is 1.73. The summed E-state index contributed by atoms with van der Waals surface area (Å²) < 4.78 is 12.9. The minimum absolute atomic E-state index is 0.00656. The van der Waals surface area contributed by atoms with Crippen LogP contribution in [0.4, 0.5) is 0 Å². The number of aliphatic hydroxyl groups excluding tert-OH is 1. The van der Waals surface area contributed by atoms with Crippen LogP contribution in [0.15, 0.2) is 48.5 Å². The number of rotatable bonds is 8. The van der Waals surface area contributed by atoms with E-state index in [0.717, 1.165) is 62.3 Å². The number of hydrogen-bond acceptors (Lipinski definition) is 5. The second kappa shape index (κ2) is 9.92. The SMILES string of the molecule is COc1ccc2c3c1O[C@H]1[C@H](N(CC(C)C)C(=O)C=Cc4ccccc4)CC[C@H]4[C@@H](C2)N(CC2CC2O)CC[C@@]341. The van der Waals surface area contributed by atoms with Crippen LogP contribution in [0.5, 0.6) is 11.5 Å². The van der Waals surface area contributed by atoms with Crippen molar-refractivity contribution in [2.75, 3.05) is 26.7 Å². The quantitative estimate of drug-likeness (QED) is 0.491. The summed E-state index contributed by atoms with van der Waals surface area (Å²) in [6.07, 6.45) is 8.49. The molecule has 6 nitrogen and oxygen atoms in total. The zero-order chi connectivity index (χ0) is 27.6. The molecule has 1 spiro atoms. The van der Waals surface area contributed by atoms with E-state index in [1.165, 1.54) is 11.1 Å². The van der Waals surface area contributed by atoms with E-state index >= 15 is 0 Å². The first kappa shape index (κ1) is 26.1. The number of ether oxygens (including phenoxy) is 2. The van der Waals surface area contributed by atoms with Crippen molar-refractivity contribution in [3.05, 3.63) is 65.2 Å². The standard InChI is InChI=1S/C34H42N2O4/c1-21(2)19-36(30(38)14-9-22-7-5-4-6-8-22)26-12-11-25-27-17-23-10-13-29(39-3)32-31(23)34(25,33(26)40-32)15-16-35(27)20-24-18-28(24)37/h4-10,13-14,21,24-28,33,37H,11-12,15-20H2,1-3H3/t24?,25-,26+,27+,28?,33-,34-/m0/s1. The van der Waals surface area contributed by atoms with Crippen molar-refractivity contribution in [3.8, 4) is 11.5 Å². The molecule has 5 aliphatic rings. The average Bonchev–Trinajstić information content (AvgIpc) is 3.54. The number of methoxy groups -OCH3 is 1. The molecule has 1 N–H and O–H groups in total. The molecule has 212 valence electrons. The van der Waals surface area contributed by atoms with Gasteiger partial charge in [-0.15, -0.1) is 0 Å². The average molecular weight is 543 g/mol. The lowest BCUT2D eigenvalue weighted by Gasteiger charge is -2.60. The van der Waals surface area contributed by atoms with Crippen molar-refractivity contribution in [2.45, 2.75) is 75.7 Å². The topological polar surface area (TPSA) is 62.2 Å². The van der Waals surface area contributed by atoms with Gasteiger partial charge in [0.05, 0.1) is 19.3 Å². The van der Waals surface area contributed by atoms with Crippen LogP contribution in [0.1, 0.15) is 56.2 Å². The summed E-state index contributed by atoms with van der Waals surface area (Å²) in [4.78, 5) is 18.7. The maximum atomic E-state index is 13.9. The summed E-state index contributed by atoms with van der Waals surface area (Å²) in [5.74, 6) is 3.05. The Balaban J connectivity index is 1.26. The summed E-state index contributed by atoms with van der Waals surface area (Å²) in [5.41, 5.74) is 3.67. The van der Waals surface area contributed by atoms with Crippen molar-refractivity contribution < 1.29 is 19.4 Å². The molecular weight excluding hydrogens is 500 g/mol. The normalized spacial score (nSPS) is 33.5. The van der Waals surface area contributed by atoms with Crippen LogP contribution >= 0.6 is 0 Å². The maximum absolute atomic E-state index is 13.9. The van der Waals surface area contributed by atoms with Crippen molar-refractivity contribution in [1.82, 2.24) is 9.80 Å². The van der Waals surface area contributed by atoms with Gasteiger partial charge in [-0.1, -0.05) is 50.2 Å². The van der Waals surface area contributed by atoms with Crippen LogP contribution in [0, 0.1) is 17.8 Å². The van der Waals surface area contributed by atoms with Gasteiger partial charge in [0, 0.05) is 42.1 Å². The molecular formula is C34H42N2O4. The Labute approximate surface area is 238 Å². The number of piperidine rings is 1. The predicted molar refractivity (Wildman–Crippen MR) is 155 cm³/mol. The minimum Gasteiger partial charge on any atom is -0.493 e. The third-order valence-electron chi connectivity index (χ3n) is 10.4. The molecule has 2 bridgehead atoms. The highest BCUT2D eigenvalue weighted by atomic mass is 16.5. The Morgan fingerprint density at radius 1 is 1.23 bits per heavy atom. The van der Waals surface area contributed by atoms with Gasteiger partial charge in [0.25, 0.3) is 0 Å². The van der Waals surface area contributed by atoms with Gasteiger partial charge in [-0.3, -0.25) is 9.69 Å². The Morgan fingerprint density at radius 2 is 2.02 bits per heavy atom. The van der Waals surface area contributed by atoms with E-state index in [1.54, 1.807) is 13.2 Å². The van der Waals surface area contributed by atoms with Gasteiger partial charge in [-0.2, -0.15) is 0 Å². The highest BCUT2D eigenvalue weighted by Crippen LogP contribution is 2.64. The number of nitrogens with zero attached hydrogens (tertiary/aromatic N) is 2. The molecule has 3 fully saturated rings. The van der Waals surface area contributed by atoms with E-state index < -0.39 is 0 Å². The third kappa shape index (κ3) is 4.09. The maximum Gasteiger partial charge on any atom is 0.246 e. The molecule has 6 heteroatoms. The largest absolute Gasteiger partial charge is 0.493 e. The van der Waals surface area contributed by atoms with Crippen molar-refractivity contribution >= 4 is 12.0 Å². The van der Waals surface area contributed by atoms with E-state index in [-0.39, 0.29) is 29.6 Å². The number of benzene rings is 2. The molecule has 1 saturated heterocycles. The summed E-state index contributed by atoms with van der Waals surface area (Å²) in [6, 6.07) is 14.8. The van der Waals surface area contributed by atoms with Gasteiger partial charge < -0.3 is 19.5 Å². The first-order chi connectivity index (χ1) is 19.4. The van der Waals surface area contributed by atoms with Crippen LogP contribution in [0.2, 0.25) is 0 Å². The van der Waals surface area contributed by atoms with E-state index in [4.69, 9.17) is 9.47 Å². The Morgan fingerprint density at radius 3 is 2.75 bits per heavy atom. The van der Waals surface area contributed by atoms with Gasteiger partial charge >= 0.3 is 0 Å². The molecule has 0 radical (unpaired) electrons. The molecule has 2 aromatic rings. The monoisotopic (exact) mass is 542 g/mol. The van der Waals surface area contributed by atoms with Crippen molar-refractivity contribution in [2.24, 2.45) is 17.8 Å². The molecule has 2 unspecified atom stereocenters. The highest BCUT2D eigenvalue weighted by Gasteiger charge is 2.67. The molecule has 2 aliphatic heterocycles. The number of amides is 1. The molecule has 0 aromatic heterocycles. The second-order valence-corrected chi connectivity index (χ2v) is 13.2.